The van der Waals surface area contributed by atoms with Gasteiger partial charge in [-0.15, -0.1) is 0 Å². The lowest BCUT2D eigenvalue weighted by atomic mass is 10.0. The Labute approximate surface area is 124 Å². The summed E-state index contributed by atoms with van der Waals surface area (Å²) in [7, 11) is 0. The molecule has 0 N–H and O–H groups in total. The van der Waals surface area contributed by atoms with Crippen molar-refractivity contribution < 1.29 is 0 Å². The number of anilines is 2. The van der Waals surface area contributed by atoms with E-state index in [4.69, 9.17) is 4.98 Å². The van der Waals surface area contributed by atoms with Gasteiger partial charge in [-0.05, 0) is 43.7 Å². The average molecular weight is 276 g/mol. The van der Waals surface area contributed by atoms with Gasteiger partial charge in [0.25, 0.3) is 0 Å². The third-order valence-electron chi connectivity index (χ3n) is 4.38. The SMILES string of the molecule is N#Cc1nc(N2CCCc3ccccc32)nc2c1CCC2. The zero-order chi connectivity index (χ0) is 14.2. The monoisotopic (exact) mass is 276 g/mol. The van der Waals surface area contributed by atoms with Gasteiger partial charge in [0.2, 0.25) is 5.95 Å². The Morgan fingerprint density at radius 2 is 1.95 bits per heavy atom. The first-order valence-corrected chi connectivity index (χ1v) is 7.52. The Kier molecular flexibility index (Phi) is 2.85. The second-order valence-electron chi connectivity index (χ2n) is 5.65. The Bertz CT molecular complexity index is 745. The van der Waals surface area contributed by atoms with E-state index in [1.165, 1.54) is 11.3 Å². The van der Waals surface area contributed by atoms with Crippen LogP contribution in [-0.4, -0.2) is 16.5 Å². The highest BCUT2D eigenvalue weighted by molar-refractivity contribution is 5.64. The number of fused-ring (bicyclic) bond motifs is 2. The summed E-state index contributed by atoms with van der Waals surface area (Å²) < 4.78 is 0. The van der Waals surface area contributed by atoms with E-state index >= 15 is 0 Å². The molecule has 0 radical (unpaired) electrons. The molecule has 2 heterocycles. The molecular formula is C17H16N4. The summed E-state index contributed by atoms with van der Waals surface area (Å²) in [6.45, 7) is 0.917. The first-order valence-electron chi connectivity index (χ1n) is 7.52. The molecule has 0 atom stereocenters. The van der Waals surface area contributed by atoms with Gasteiger partial charge in [0.1, 0.15) is 11.8 Å². The number of hydrogen-bond acceptors (Lipinski definition) is 4. The Balaban J connectivity index is 1.84. The van der Waals surface area contributed by atoms with Crippen LogP contribution in [0.4, 0.5) is 11.6 Å². The number of nitriles is 1. The van der Waals surface area contributed by atoms with Crippen molar-refractivity contribution in [1.82, 2.24) is 9.97 Å². The maximum absolute atomic E-state index is 9.36. The average Bonchev–Trinajstić information content (AvgIpc) is 3.02. The van der Waals surface area contributed by atoms with E-state index in [2.05, 4.69) is 40.2 Å². The molecule has 0 unspecified atom stereocenters. The largest absolute Gasteiger partial charge is 0.310 e. The van der Waals surface area contributed by atoms with Crippen molar-refractivity contribution in [3.8, 4) is 6.07 Å². The van der Waals surface area contributed by atoms with E-state index < -0.39 is 0 Å². The van der Waals surface area contributed by atoms with Gasteiger partial charge >= 0.3 is 0 Å². The summed E-state index contributed by atoms with van der Waals surface area (Å²) in [6, 6.07) is 10.7. The topological polar surface area (TPSA) is 52.8 Å². The molecule has 1 aliphatic carbocycles. The van der Waals surface area contributed by atoms with Crippen molar-refractivity contribution >= 4 is 11.6 Å². The molecule has 0 spiro atoms. The summed E-state index contributed by atoms with van der Waals surface area (Å²) in [4.78, 5) is 11.5. The fourth-order valence-electron chi connectivity index (χ4n) is 3.37. The number of benzene rings is 1. The van der Waals surface area contributed by atoms with Gasteiger partial charge in [0.05, 0.1) is 5.69 Å². The number of aryl methyl sites for hydroxylation is 2. The van der Waals surface area contributed by atoms with Gasteiger partial charge in [-0.2, -0.15) is 5.26 Å². The Hall–Kier alpha value is -2.41. The number of nitrogens with zero attached hydrogens (tertiary/aromatic N) is 4. The highest BCUT2D eigenvalue weighted by atomic mass is 15.3. The second-order valence-corrected chi connectivity index (χ2v) is 5.65. The highest BCUT2D eigenvalue weighted by Crippen LogP contribution is 2.33. The van der Waals surface area contributed by atoms with Gasteiger partial charge < -0.3 is 4.90 Å². The number of para-hydroxylation sites is 1. The van der Waals surface area contributed by atoms with Gasteiger partial charge in [-0.25, -0.2) is 9.97 Å². The molecular weight excluding hydrogens is 260 g/mol. The number of hydrogen-bond donors (Lipinski definition) is 0. The third-order valence-corrected chi connectivity index (χ3v) is 4.38. The summed E-state index contributed by atoms with van der Waals surface area (Å²) in [5, 5.41) is 9.36. The Morgan fingerprint density at radius 1 is 1.05 bits per heavy atom. The summed E-state index contributed by atoms with van der Waals surface area (Å²) >= 11 is 0. The van der Waals surface area contributed by atoms with Crippen molar-refractivity contribution in [3.05, 3.63) is 46.8 Å². The lowest BCUT2D eigenvalue weighted by molar-refractivity contribution is 0.746. The zero-order valence-electron chi connectivity index (χ0n) is 11.8. The van der Waals surface area contributed by atoms with Crippen LogP contribution in [0.25, 0.3) is 0 Å². The van der Waals surface area contributed by atoms with Gasteiger partial charge in [0.15, 0.2) is 0 Å². The quantitative estimate of drug-likeness (QED) is 0.803. The van der Waals surface area contributed by atoms with E-state index in [1.807, 2.05) is 0 Å². The van der Waals surface area contributed by atoms with Crippen LogP contribution in [0.1, 0.15) is 35.4 Å². The van der Waals surface area contributed by atoms with Gasteiger partial charge in [-0.3, -0.25) is 0 Å². The molecule has 1 aromatic heterocycles. The number of aromatic nitrogens is 2. The molecule has 4 rings (SSSR count). The standard InChI is InChI=1S/C17H16N4/c18-11-15-13-7-3-8-14(13)19-17(20-15)21-10-4-6-12-5-1-2-9-16(12)21/h1-2,5,9H,3-4,6-8,10H2. The number of rotatable bonds is 1. The fourth-order valence-corrected chi connectivity index (χ4v) is 3.37. The molecule has 0 amide bonds. The maximum Gasteiger partial charge on any atom is 0.231 e. The van der Waals surface area contributed by atoms with Crippen LogP contribution in [0.2, 0.25) is 0 Å². The summed E-state index contributed by atoms with van der Waals surface area (Å²) in [5.41, 5.74) is 5.22. The van der Waals surface area contributed by atoms with Crippen LogP contribution >= 0.6 is 0 Å². The fraction of sp³-hybridized carbons (Fsp3) is 0.353. The minimum atomic E-state index is 0.565. The molecule has 21 heavy (non-hydrogen) atoms. The molecule has 0 saturated carbocycles. The predicted octanol–water partition coefficient (Wildman–Crippen LogP) is 2.92. The van der Waals surface area contributed by atoms with E-state index in [0.29, 0.717) is 11.6 Å². The summed E-state index contributed by atoms with van der Waals surface area (Å²) in [5.74, 6) is 0.694. The van der Waals surface area contributed by atoms with E-state index in [9.17, 15) is 5.26 Å². The van der Waals surface area contributed by atoms with Crippen molar-refractivity contribution in [3.63, 3.8) is 0 Å². The lowest BCUT2D eigenvalue weighted by Gasteiger charge is -2.29. The van der Waals surface area contributed by atoms with Crippen LogP contribution in [-0.2, 0) is 19.3 Å². The first-order chi connectivity index (χ1) is 10.4. The van der Waals surface area contributed by atoms with Crippen LogP contribution in [0.3, 0.4) is 0 Å². The van der Waals surface area contributed by atoms with Crippen molar-refractivity contribution in [2.75, 3.05) is 11.4 Å². The molecule has 2 aliphatic rings. The molecule has 104 valence electrons. The van der Waals surface area contributed by atoms with Crippen molar-refractivity contribution in [1.29, 1.82) is 5.26 Å². The van der Waals surface area contributed by atoms with E-state index in [1.54, 1.807) is 0 Å². The molecule has 1 aromatic carbocycles. The molecule has 2 aromatic rings. The predicted molar refractivity (Wildman–Crippen MR) is 80.5 cm³/mol. The first kappa shape index (κ1) is 12.3. The normalized spacial score (nSPS) is 16.2. The Morgan fingerprint density at radius 3 is 2.86 bits per heavy atom. The highest BCUT2D eigenvalue weighted by Gasteiger charge is 2.24. The molecule has 1 aliphatic heterocycles. The van der Waals surface area contributed by atoms with Crippen molar-refractivity contribution in [2.24, 2.45) is 0 Å². The molecule has 4 nitrogen and oxygen atoms in total. The summed E-state index contributed by atoms with van der Waals surface area (Å²) in [6.07, 6.45) is 5.19. The zero-order valence-corrected chi connectivity index (χ0v) is 11.8. The maximum atomic E-state index is 9.36. The molecule has 4 heteroatoms. The van der Waals surface area contributed by atoms with E-state index in [0.717, 1.165) is 49.9 Å². The minimum absolute atomic E-state index is 0.565. The van der Waals surface area contributed by atoms with Crippen LogP contribution in [0, 0.1) is 11.3 Å². The minimum Gasteiger partial charge on any atom is -0.310 e. The third kappa shape index (κ3) is 1.97. The van der Waals surface area contributed by atoms with Crippen LogP contribution in [0.15, 0.2) is 24.3 Å². The smallest absolute Gasteiger partial charge is 0.231 e. The van der Waals surface area contributed by atoms with Gasteiger partial charge in [-0.1, -0.05) is 18.2 Å². The van der Waals surface area contributed by atoms with Crippen molar-refractivity contribution in [2.45, 2.75) is 32.1 Å². The van der Waals surface area contributed by atoms with Crippen LogP contribution in [0.5, 0.6) is 0 Å². The molecule has 0 saturated heterocycles. The lowest BCUT2D eigenvalue weighted by Crippen LogP contribution is -2.27. The van der Waals surface area contributed by atoms with Crippen LogP contribution < -0.4 is 4.90 Å². The molecule has 0 bridgehead atoms. The van der Waals surface area contributed by atoms with E-state index in [-0.39, 0.29) is 0 Å². The second kappa shape index (κ2) is 4.85. The molecule has 0 fully saturated rings. The van der Waals surface area contributed by atoms with Gasteiger partial charge in [0, 0.05) is 17.8 Å².